The molecule has 1 amide bonds. The van der Waals surface area contributed by atoms with Gasteiger partial charge in [-0.3, -0.25) is 4.79 Å². The summed E-state index contributed by atoms with van der Waals surface area (Å²) in [5.74, 6) is 1.34. The summed E-state index contributed by atoms with van der Waals surface area (Å²) < 4.78 is 16.6. The number of likely N-dealkylation sites (tertiary alicyclic amines) is 1. The molecule has 0 bridgehead atoms. The smallest absolute Gasteiger partial charge is 0.292 e. The highest BCUT2D eigenvalue weighted by atomic mass is 16.5. The summed E-state index contributed by atoms with van der Waals surface area (Å²) in [6.45, 7) is 3.58. The number of para-hydroxylation sites is 1. The van der Waals surface area contributed by atoms with Gasteiger partial charge in [-0.2, -0.15) is 0 Å². The second-order valence-electron chi connectivity index (χ2n) is 6.33. The molecule has 1 aromatic heterocycles. The molecule has 126 valence electrons. The summed E-state index contributed by atoms with van der Waals surface area (Å²) in [7, 11) is 0. The number of aryl methyl sites for hydroxylation is 1. The van der Waals surface area contributed by atoms with Gasteiger partial charge in [-0.1, -0.05) is 18.2 Å². The van der Waals surface area contributed by atoms with Crippen molar-refractivity contribution in [2.45, 2.75) is 31.8 Å². The fraction of sp³-hybridized carbons (Fsp3) is 0.444. The van der Waals surface area contributed by atoms with E-state index in [2.05, 4.69) is 11.2 Å². The number of rotatable bonds is 3. The lowest BCUT2D eigenvalue weighted by atomic mass is 9.90. The van der Waals surface area contributed by atoms with Crippen LogP contribution in [0.15, 0.2) is 34.9 Å². The number of benzene rings is 1. The molecule has 0 radical (unpaired) electrons. The molecule has 24 heavy (non-hydrogen) atoms. The minimum absolute atomic E-state index is 0.159. The minimum atomic E-state index is -0.285. The summed E-state index contributed by atoms with van der Waals surface area (Å²) in [4.78, 5) is 14.4. The molecular formula is C18H20N2O4. The molecule has 3 heterocycles. The maximum atomic E-state index is 12.6. The Bertz CT molecular complexity index is 757. The number of ether oxygens (including phenoxy) is 2. The minimum Gasteiger partial charge on any atom is -0.485 e. The number of fused-ring (bicyclic) bond motifs is 1. The van der Waals surface area contributed by atoms with Gasteiger partial charge in [-0.15, -0.1) is 0 Å². The number of carbonyl (C=O) groups is 1. The van der Waals surface area contributed by atoms with Crippen LogP contribution in [0.25, 0.3) is 0 Å². The van der Waals surface area contributed by atoms with Crippen LogP contribution in [0.3, 0.4) is 0 Å². The molecule has 1 spiro atoms. The highest BCUT2D eigenvalue weighted by Crippen LogP contribution is 2.38. The average Bonchev–Trinajstić information content (AvgIpc) is 3.22. The van der Waals surface area contributed by atoms with E-state index < -0.39 is 0 Å². The first-order valence-corrected chi connectivity index (χ1v) is 8.35. The fourth-order valence-corrected chi connectivity index (χ4v) is 3.49. The van der Waals surface area contributed by atoms with Crippen LogP contribution in [0.5, 0.6) is 11.6 Å². The van der Waals surface area contributed by atoms with E-state index in [1.165, 1.54) is 5.56 Å². The van der Waals surface area contributed by atoms with Crippen LogP contribution in [0.4, 0.5) is 0 Å². The summed E-state index contributed by atoms with van der Waals surface area (Å²) >= 11 is 0. The topological polar surface area (TPSA) is 64.8 Å². The molecule has 0 aliphatic carbocycles. The molecule has 1 saturated heterocycles. The number of aromatic nitrogens is 1. The van der Waals surface area contributed by atoms with Gasteiger partial charge in [-0.05, 0) is 36.6 Å². The van der Waals surface area contributed by atoms with Crippen molar-refractivity contribution < 1.29 is 18.8 Å². The third kappa shape index (κ3) is 2.62. The first kappa shape index (κ1) is 15.1. The highest BCUT2D eigenvalue weighted by molar-refractivity contribution is 5.92. The van der Waals surface area contributed by atoms with Crippen LogP contribution in [0.2, 0.25) is 0 Å². The fourth-order valence-electron chi connectivity index (χ4n) is 3.49. The van der Waals surface area contributed by atoms with Gasteiger partial charge in [0.05, 0.1) is 19.2 Å². The van der Waals surface area contributed by atoms with Crippen molar-refractivity contribution in [2.24, 2.45) is 0 Å². The van der Waals surface area contributed by atoms with Crippen molar-refractivity contribution in [1.82, 2.24) is 10.1 Å². The summed E-state index contributed by atoms with van der Waals surface area (Å²) in [5.41, 5.74) is 0.955. The number of nitrogens with zero attached hydrogens (tertiary/aromatic N) is 2. The maximum Gasteiger partial charge on any atom is 0.292 e. The Morgan fingerprint density at radius 3 is 3.12 bits per heavy atom. The standard InChI is InChI=1S/C18H20N2O4/c1-2-22-16-11-15(24-19-16)17(21)20-10-9-18(12-20)8-7-13-5-3-4-6-14(13)23-18/h3-6,11H,2,7-10,12H2,1H3. The normalized spacial score (nSPS) is 22.3. The maximum absolute atomic E-state index is 12.6. The molecule has 2 aliphatic rings. The van der Waals surface area contributed by atoms with Gasteiger partial charge in [0.25, 0.3) is 11.8 Å². The van der Waals surface area contributed by atoms with Crippen LogP contribution in [0.1, 0.15) is 35.9 Å². The molecule has 4 rings (SSSR count). The third-order valence-electron chi connectivity index (χ3n) is 4.74. The molecule has 2 aliphatic heterocycles. The van der Waals surface area contributed by atoms with E-state index in [4.69, 9.17) is 14.0 Å². The van der Waals surface area contributed by atoms with Crippen molar-refractivity contribution in [1.29, 1.82) is 0 Å². The Kier molecular flexibility index (Phi) is 3.67. The van der Waals surface area contributed by atoms with Crippen molar-refractivity contribution >= 4 is 5.91 Å². The van der Waals surface area contributed by atoms with Crippen LogP contribution in [0, 0.1) is 0 Å². The highest BCUT2D eigenvalue weighted by Gasteiger charge is 2.44. The second-order valence-corrected chi connectivity index (χ2v) is 6.33. The van der Waals surface area contributed by atoms with E-state index in [1.807, 2.05) is 25.1 Å². The van der Waals surface area contributed by atoms with Gasteiger partial charge in [0.2, 0.25) is 5.76 Å². The van der Waals surface area contributed by atoms with E-state index in [0.717, 1.165) is 25.0 Å². The molecular weight excluding hydrogens is 308 g/mol. The quantitative estimate of drug-likeness (QED) is 0.867. The first-order chi connectivity index (χ1) is 11.7. The lowest BCUT2D eigenvalue weighted by Crippen LogP contribution is -2.43. The van der Waals surface area contributed by atoms with E-state index in [9.17, 15) is 4.79 Å². The molecule has 1 unspecified atom stereocenters. The number of carbonyl (C=O) groups excluding carboxylic acids is 1. The zero-order valence-electron chi connectivity index (χ0n) is 13.7. The molecule has 1 atom stereocenters. The van der Waals surface area contributed by atoms with E-state index in [0.29, 0.717) is 25.6 Å². The Hall–Kier alpha value is -2.50. The van der Waals surface area contributed by atoms with Gasteiger partial charge >= 0.3 is 0 Å². The second kappa shape index (κ2) is 5.85. The molecule has 0 N–H and O–H groups in total. The average molecular weight is 328 g/mol. The van der Waals surface area contributed by atoms with Crippen LogP contribution >= 0.6 is 0 Å². The van der Waals surface area contributed by atoms with Gasteiger partial charge in [-0.25, -0.2) is 0 Å². The van der Waals surface area contributed by atoms with E-state index in [-0.39, 0.29) is 17.3 Å². The van der Waals surface area contributed by atoms with Gasteiger partial charge in [0.15, 0.2) is 0 Å². The zero-order chi connectivity index (χ0) is 16.6. The summed E-state index contributed by atoms with van der Waals surface area (Å²) in [6.07, 6.45) is 2.74. The summed E-state index contributed by atoms with van der Waals surface area (Å²) in [5, 5.41) is 3.76. The predicted octanol–water partition coefficient (Wildman–Crippen LogP) is 2.68. The van der Waals surface area contributed by atoms with Crippen molar-refractivity contribution in [3.63, 3.8) is 0 Å². The number of hydrogen-bond donors (Lipinski definition) is 0. The Morgan fingerprint density at radius 1 is 1.38 bits per heavy atom. The van der Waals surface area contributed by atoms with Crippen LogP contribution in [-0.4, -0.2) is 41.3 Å². The van der Waals surface area contributed by atoms with Crippen LogP contribution in [-0.2, 0) is 6.42 Å². The molecule has 0 saturated carbocycles. The van der Waals surface area contributed by atoms with Gasteiger partial charge < -0.3 is 18.9 Å². The van der Waals surface area contributed by atoms with Gasteiger partial charge in [0.1, 0.15) is 11.4 Å². The SMILES string of the molecule is CCOc1cc(C(=O)N2CCC3(CCc4ccccc4O3)C2)on1. The lowest BCUT2D eigenvalue weighted by molar-refractivity contribution is 0.0469. The monoisotopic (exact) mass is 328 g/mol. The Balaban J connectivity index is 1.47. The van der Waals surface area contributed by atoms with Crippen molar-refractivity contribution in [2.75, 3.05) is 19.7 Å². The molecule has 6 nitrogen and oxygen atoms in total. The van der Waals surface area contributed by atoms with Gasteiger partial charge in [0, 0.05) is 13.0 Å². The van der Waals surface area contributed by atoms with Crippen molar-refractivity contribution in [3.8, 4) is 11.6 Å². The Morgan fingerprint density at radius 2 is 2.25 bits per heavy atom. The first-order valence-electron chi connectivity index (χ1n) is 8.35. The van der Waals surface area contributed by atoms with Crippen LogP contribution < -0.4 is 9.47 Å². The molecule has 2 aromatic rings. The predicted molar refractivity (Wildman–Crippen MR) is 86.3 cm³/mol. The lowest BCUT2D eigenvalue weighted by Gasteiger charge is -2.35. The Labute approximate surface area is 140 Å². The largest absolute Gasteiger partial charge is 0.485 e. The summed E-state index contributed by atoms with van der Waals surface area (Å²) in [6, 6.07) is 9.67. The zero-order valence-corrected chi connectivity index (χ0v) is 13.7. The third-order valence-corrected chi connectivity index (χ3v) is 4.74. The molecule has 6 heteroatoms. The number of hydrogen-bond acceptors (Lipinski definition) is 5. The van der Waals surface area contributed by atoms with E-state index in [1.54, 1.807) is 11.0 Å². The molecule has 1 aromatic carbocycles. The van der Waals surface area contributed by atoms with Crippen molar-refractivity contribution in [3.05, 3.63) is 41.7 Å². The number of amides is 1. The van der Waals surface area contributed by atoms with E-state index >= 15 is 0 Å². The molecule has 1 fully saturated rings.